The molecular formula is C19H32ClNO4SSi. The maximum atomic E-state index is 12.8. The van der Waals surface area contributed by atoms with Gasteiger partial charge in [-0.1, -0.05) is 51.5 Å². The first kappa shape index (κ1) is 24.5. The van der Waals surface area contributed by atoms with Crippen LogP contribution in [0.5, 0.6) is 0 Å². The minimum Gasteiger partial charge on any atom is -0.598 e. The fourth-order valence-corrected chi connectivity index (χ4v) is 5.61. The molecule has 0 fully saturated rings. The van der Waals surface area contributed by atoms with Gasteiger partial charge in [0.15, 0.2) is 0 Å². The summed E-state index contributed by atoms with van der Waals surface area (Å²) < 4.78 is 15.3. The SMILES string of the molecule is CC(C)(C)[S@+]([O-])N[C@@H](c1ccc(C(=O)O)cc1Cl)[C@@H](O)[Si](C)(C)C(C)(C)C. The smallest absolute Gasteiger partial charge is 0.335 e. The highest BCUT2D eigenvalue weighted by molar-refractivity contribution is 7.90. The fourth-order valence-electron chi connectivity index (χ4n) is 2.36. The third-order valence-electron chi connectivity index (χ3n) is 5.36. The predicted molar refractivity (Wildman–Crippen MR) is 115 cm³/mol. The number of nitrogens with one attached hydrogen (secondary N) is 1. The Labute approximate surface area is 171 Å². The molecule has 154 valence electrons. The van der Waals surface area contributed by atoms with Crippen molar-refractivity contribution in [3.05, 3.63) is 34.3 Å². The van der Waals surface area contributed by atoms with Crippen molar-refractivity contribution < 1.29 is 19.6 Å². The van der Waals surface area contributed by atoms with Crippen LogP contribution >= 0.6 is 11.6 Å². The molecule has 0 bridgehead atoms. The van der Waals surface area contributed by atoms with Crippen molar-refractivity contribution in [2.45, 2.75) is 76.2 Å². The van der Waals surface area contributed by atoms with Crippen LogP contribution in [0.25, 0.3) is 0 Å². The lowest BCUT2D eigenvalue weighted by atomic mass is 10.1. The molecule has 8 heteroatoms. The Morgan fingerprint density at radius 2 is 1.74 bits per heavy atom. The highest BCUT2D eigenvalue weighted by Gasteiger charge is 2.47. The van der Waals surface area contributed by atoms with Gasteiger partial charge < -0.3 is 14.8 Å². The lowest BCUT2D eigenvalue weighted by Crippen LogP contribution is -2.56. The van der Waals surface area contributed by atoms with Gasteiger partial charge in [0.1, 0.15) is 10.8 Å². The second kappa shape index (κ2) is 8.43. The zero-order valence-corrected chi connectivity index (χ0v) is 20.0. The van der Waals surface area contributed by atoms with Crippen molar-refractivity contribution >= 4 is 37.0 Å². The summed E-state index contributed by atoms with van der Waals surface area (Å²) in [6.07, 6.45) is 0. The van der Waals surface area contributed by atoms with E-state index in [1.165, 1.54) is 12.1 Å². The Morgan fingerprint density at radius 3 is 2.11 bits per heavy atom. The number of hydrogen-bond donors (Lipinski definition) is 3. The quantitative estimate of drug-likeness (QED) is 0.452. The normalized spacial score (nSPS) is 16.7. The summed E-state index contributed by atoms with van der Waals surface area (Å²) in [6.45, 7) is 16.0. The molecule has 0 aromatic heterocycles. The van der Waals surface area contributed by atoms with Crippen LogP contribution in [0.3, 0.4) is 0 Å². The van der Waals surface area contributed by atoms with E-state index in [2.05, 4.69) is 38.6 Å². The zero-order chi connectivity index (χ0) is 21.4. The number of aromatic carboxylic acids is 1. The van der Waals surface area contributed by atoms with Crippen molar-refractivity contribution in [3.63, 3.8) is 0 Å². The molecule has 1 rings (SSSR count). The Hall–Kier alpha value is -0.573. The largest absolute Gasteiger partial charge is 0.598 e. The van der Waals surface area contributed by atoms with Crippen LogP contribution in [0, 0.1) is 0 Å². The standard InChI is InChI=1S/C19H32ClNO4SSi/c1-18(2,3)26(25)21-15(17(24)27(7,8)19(4,5)6)13-10-9-12(16(22)23)11-14(13)20/h9-11,15,17,21,24H,1-8H3,(H,22,23)/t15-,17-,26-/m0/s1. The number of carboxylic acid groups (broad SMARTS) is 1. The molecule has 1 aromatic carbocycles. The summed E-state index contributed by atoms with van der Waals surface area (Å²) in [7, 11) is -2.25. The Morgan fingerprint density at radius 1 is 1.22 bits per heavy atom. The minimum absolute atomic E-state index is 0.0706. The zero-order valence-electron chi connectivity index (χ0n) is 17.4. The minimum atomic E-state index is -2.25. The molecule has 0 unspecified atom stereocenters. The first-order valence-corrected chi connectivity index (χ1v) is 13.5. The average Bonchev–Trinajstić information content (AvgIpc) is 2.49. The molecule has 0 saturated carbocycles. The summed E-state index contributed by atoms with van der Waals surface area (Å²) in [6, 6.07) is 3.75. The third-order valence-corrected chi connectivity index (χ3v) is 12.9. The second-order valence-electron chi connectivity index (χ2n) is 9.43. The molecule has 1 aromatic rings. The van der Waals surface area contributed by atoms with E-state index < -0.39 is 41.9 Å². The molecule has 3 atom stereocenters. The summed E-state index contributed by atoms with van der Waals surface area (Å²) in [5.74, 6) is -1.07. The number of hydrogen-bond acceptors (Lipinski definition) is 4. The first-order valence-electron chi connectivity index (χ1n) is 8.89. The lowest BCUT2D eigenvalue weighted by molar-refractivity contribution is 0.0697. The number of aliphatic hydroxyl groups excluding tert-OH is 1. The maximum Gasteiger partial charge on any atom is 0.335 e. The average molecular weight is 434 g/mol. The molecule has 0 radical (unpaired) electrons. The van der Waals surface area contributed by atoms with Crippen LogP contribution in [0.4, 0.5) is 0 Å². The number of halogens is 1. The van der Waals surface area contributed by atoms with Crippen molar-refractivity contribution in [2.24, 2.45) is 0 Å². The van der Waals surface area contributed by atoms with Gasteiger partial charge in [0.05, 0.1) is 19.4 Å². The summed E-state index contributed by atoms with van der Waals surface area (Å²) in [5.41, 5.74) is -0.158. The molecule has 0 heterocycles. The molecule has 0 amide bonds. The highest BCUT2D eigenvalue weighted by Crippen LogP contribution is 2.43. The molecule has 0 aliphatic heterocycles. The third kappa shape index (κ3) is 5.71. The van der Waals surface area contributed by atoms with E-state index >= 15 is 0 Å². The number of carbonyl (C=O) groups is 1. The Kier molecular flexibility index (Phi) is 7.64. The topological polar surface area (TPSA) is 92.6 Å². The van der Waals surface area contributed by atoms with Crippen molar-refractivity contribution in [3.8, 4) is 0 Å². The summed E-state index contributed by atoms with van der Waals surface area (Å²) in [4.78, 5) is 11.2. The number of benzene rings is 1. The van der Waals surface area contributed by atoms with Gasteiger partial charge in [0.25, 0.3) is 0 Å². The van der Waals surface area contributed by atoms with Gasteiger partial charge in [-0.15, -0.1) is 4.72 Å². The van der Waals surface area contributed by atoms with Crippen LogP contribution in [0.1, 0.15) is 63.5 Å². The van der Waals surface area contributed by atoms with E-state index in [-0.39, 0.29) is 15.6 Å². The molecular weight excluding hydrogens is 402 g/mol. The predicted octanol–water partition coefficient (Wildman–Crippen LogP) is 4.54. The van der Waals surface area contributed by atoms with Crippen LogP contribution < -0.4 is 4.72 Å². The van der Waals surface area contributed by atoms with Crippen LogP contribution in [0.15, 0.2) is 18.2 Å². The van der Waals surface area contributed by atoms with Gasteiger partial charge in [-0.05, 0) is 43.5 Å². The van der Waals surface area contributed by atoms with Crippen molar-refractivity contribution in [1.29, 1.82) is 0 Å². The Balaban J connectivity index is 3.45. The van der Waals surface area contributed by atoms with Crippen LogP contribution in [-0.4, -0.2) is 39.3 Å². The highest BCUT2D eigenvalue weighted by atomic mass is 35.5. The number of rotatable bonds is 6. The van der Waals surface area contributed by atoms with E-state index in [4.69, 9.17) is 11.6 Å². The molecule has 5 nitrogen and oxygen atoms in total. The summed E-state index contributed by atoms with van der Waals surface area (Å²) >= 11 is 4.94. The molecule has 3 N–H and O–H groups in total. The van der Waals surface area contributed by atoms with E-state index in [9.17, 15) is 19.6 Å². The van der Waals surface area contributed by atoms with Gasteiger partial charge in [-0.25, -0.2) is 4.79 Å². The van der Waals surface area contributed by atoms with Crippen LogP contribution in [-0.2, 0) is 11.4 Å². The van der Waals surface area contributed by atoms with E-state index in [0.717, 1.165) is 0 Å². The van der Waals surface area contributed by atoms with Crippen molar-refractivity contribution in [1.82, 2.24) is 4.72 Å². The summed E-state index contributed by atoms with van der Waals surface area (Å²) in [5, 5.41) is 20.6. The second-order valence-corrected chi connectivity index (χ2v) is 17.4. The van der Waals surface area contributed by atoms with Gasteiger partial charge in [-0.2, -0.15) is 0 Å². The molecule has 0 spiro atoms. The molecule has 0 saturated heterocycles. The first-order chi connectivity index (χ1) is 12.0. The van der Waals surface area contributed by atoms with Gasteiger partial charge in [0.2, 0.25) is 0 Å². The van der Waals surface area contributed by atoms with E-state index in [1.807, 2.05) is 20.8 Å². The van der Waals surface area contributed by atoms with Crippen LogP contribution in [0.2, 0.25) is 23.2 Å². The number of aliphatic hydroxyl groups is 1. The Bertz CT molecular complexity index is 685. The van der Waals surface area contributed by atoms with Gasteiger partial charge in [0, 0.05) is 16.4 Å². The molecule has 0 aliphatic carbocycles. The molecule has 27 heavy (non-hydrogen) atoms. The van der Waals surface area contributed by atoms with Gasteiger partial charge in [-0.3, -0.25) is 0 Å². The fraction of sp³-hybridized carbons (Fsp3) is 0.632. The van der Waals surface area contributed by atoms with E-state index in [1.54, 1.807) is 6.07 Å². The maximum absolute atomic E-state index is 12.8. The van der Waals surface area contributed by atoms with E-state index in [0.29, 0.717) is 5.56 Å². The van der Waals surface area contributed by atoms with Crippen molar-refractivity contribution in [2.75, 3.05) is 0 Å². The monoisotopic (exact) mass is 433 g/mol. The lowest BCUT2D eigenvalue weighted by Gasteiger charge is -2.44. The van der Waals surface area contributed by atoms with Gasteiger partial charge >= 0.3 is 5.97 Å². The number of carboxylic acids is 1. The molecule has 0 aliphatic rings.